The number of benzene rings is 3. The number of amides is 1. The van der Waals surface area contributed by atoms with Gasteiger partial charge >= 0.3 is 0 Å². The van der Waals surface area contributed by atoms with E-state index in [2.05, 4.69) is 22.7 Å². The van der Waals surface area contributed by atoms with Crippen LogP contribution >= 0.6 is 0 Å². The Morgan fingerprint density at radius 3 is 2.45 bits per heavy atom. The highest BCUT2D eigenvalue weighted by molar-refractivity contribution is 5.83. The van der Waals surface area contributed by atoms with Crippen molar-refractivity contribution >= 4 is 12.1 Å². The van der Waals surface area contributed by atoms with Crippen molar-refractivity contribution in [3.05, 3.63) is 89.0 Å². The van der Waals surface area contributed by atoms with Crippen LogP contribution in [0.4, 0.5) is 0 Å². The Morgan fingerprint density at radius 1 is 0.935 bits per heavy atom. The van der Waals surface area contributed by atoms with Gasteiger partial charge in [-0.05, 0) is 54.8 Å². The molecule has 0 aliphatic carbocycles. The van der Waals surface area contributed by atoms with Crippen LogP contribution in [0.25, 0.3) is 0 Å². The zero-order valence-electron chi connectivity index (χ0n) is 17.9. The van der Waals surface area contributed by atoms with Gasteiger partial charge in [-0.3, -0.25) is 4.79 Å². The summed E-state index contributed by atoms with van der Waals surface area (Å²) < 4.78 is 16.8. The third kappa shape index (κ3) is 6.60. The molecule has 0 atom stereocenters. The van der Waals surface area contributed by atoms with Gasteiger partial charge in [0.15, 0.2) is 18.1 Å². The van der Waals surface area contributed by atoms with Crippen LogP contribution in [0, 0.1) is 13.8 Å². The van der Waals surface area contributed by atoms with Gasteiger partial charge in [-0.1, -0.05) is 48.0 Å². The fraction of sp³-hybridized carbons (Fsp3) is 0.200. The van der Waals surface area contributed by atoms with Gasteiger partial charge in [0.25, 0.3) is 5.91 Å². The maximum absolute atomic E-state index is 11.9. The highest BCUT2D eigenvalue weighted by Gasteiger charge is 2.07. The molecule has 0 aliphatic rings. The molecule has 1 amide bonds. The Hall–Kier alpha value is -3.80. The molecule has 0 fully saturated rings. The molecular weight excluding hydrogens is 392 g/mol. The summed E-state index contributed by atoms with van der Waals surface area (Å²) >= 11 is 0. The lowest BCUT2D eigenvalue weighted by atomic mass is 10.2. The Balaban J connectivity index is 1.52. The van der Waals surface area contributed by atoms with E-state index in [0.717, 1.165) is 16.7 Å². The summed E-state index contributed by atoms with van der Waals surface area (Å²) in [5.41, 5.74) is 6.47. The van der Waals surface area contributed by atoms with Crippen molar-refractivity contribution in [1.29, 1.82) is 0 Å². The second kappa shape index (κ2) is 10.8. The lowest BCUT2D eigenvalue weighted by Gasteiger charge is -2.11. The number of aryl methyl sites for hydroxylation is 2. The molecule has 0 aromatic heterocycles. The average molecular weight is 418 g/mol. The molecule has 6 heteroatoms. The molecule has 0 unspecified atom stereocenters. The van der Waals surface area contributed by atoms with E-state index in [1.54, 1.807) is 13.2 Å². The average Bonchev–Trinajstić information content (AvgIpc) is 2.78. The van der Waals surface area contributed by atoms with Gasteiger partial charge in [0.2, 0.25) is 0 Å². The van der Waals surface area contributed by atoms with Crippen LogP contribution in [-0.2, 0) is 11.4 Å². The largest absolute Gasteiger partial charge is 0.493 e. The Kier molecular flexibility index (Phi) is 7.65. The summed E-state index contributed by atoms with van der Waals surface area (Å²) in [4.78, 5) is 11.9. The number of hydrogen-bond acceptors (Lipinski definition) is 5. The lowest BCUT2D eigenvalue weighted by Crippen LogP contribution is -2.24. The SMILES string of the molecule is COc1cc(/C=N/NC(=O)COc2ccccc2C)ccc1OCc1ccc(C)cc1. The standard InChI is InChI=1S/C25H26N2O4/c1-18-8-10-20(11-9-18)16-30-23-13-12-21(14-24(23)29-3)15-26-27-25(28)17-31-22-7-5-4-6-19(22)2/h4-15H,16-17H2,1-3H3,(H,27,28)/b26-15+. The first kappa shape index (κ1) is 21.9. The van der Waals surface area contributed by atoms with Crippen molar-refractivity contribution in [3.63, 3.8) is 0 Å². The molecule has 0 saturated carbocycles. The second-order valence-electron chi connectivity index (χ2n) is 7.03. The van der Waals surface area contributed by atoms with Crippen molar-refractivity contribution in [2.45, 2.75) is 20.5 Å². The van der Waals surface area contributed by atoms with Crippen LogP contribution in [-0.4, -0.2) is 25.8 Å². The number of hydrogen-bond donors (Lipinski definition) is 1. The fourth-order valence-corrected chi connectivity index (χ4v) is 2.80. The molecule has 0 aliphatic heterocycles. The number of nitrogens with one attached hydrogen (secondary N) is 1. The van der Waals surface area contributed by atoms with Gasteiger partial charge in [0.1, 0.15) is 12.4 Å². The first-order valence-corrected chi connectivity index (χ1v) is 9.92. The number of hydrazone groups is 1. The summed E-state index contributed by atoms with van der Waals surface area (Å²) in [7, 11) is 1.58. The molecule has 3 aromatic carbocycles. The Morgan fingerprint density at radius 2 is 1.71 bits per heavy atom. The number of carbonyl (C=O) groups is 1. The molecule has 0 heterocycles. The van der Waals surface area contributed by atoms with Crippen LogP contribution in [0.5, 0.6) is 17.2 Å². The van der Waals surface area contributed by atoms with Crippen molar-refractivity contribution in [2.75, 3.05) is 13.7 Å². The normalized spacial score (nSPS) is 10.7. The van der Waals surface area contributed by atoms with E-state index in [0.29, 0.717) is 23.9 Å². The minimum atomic E-state index is -0.343. The topological polar surface area (TPSA) is 69.2 Å². The molecule has 0 bridgehead atoms. The fourth-order valence-electron chi connectivity index (χ4n) is 2.80. The van der Waals surface area contributed by atoms with E-state index in [-0.39, 0.29) is 12.5 Å². The predicted octanol–water partition coefficient (Wildman–Crippen LogP) is 4.42. The lowest BCUT2D eigenvalue weighted by molar-refractivity contribution is -0.123. The van der Waals surface area contributed by atoms with E-state index in [1.165, 1.54) is 11.8 Å². The minimum Gasteiger partial charge on any atom is -0.493 e. The van der Waals surface area contributed by atoms with Crippen LogP contribution in [0.2, 0.25) is 0 Å². The summed E-state index contributed by atoms with van der Waals surface area (Å²) in [5, 5.41) is 3.98. The van der Waals surface area contributed by atoms with Crippen LogP contribution in [0.15, 0.2) is 71.8 Å². The number of carbonyl (C=O) groups excluding carboxylic acids is 1. The maximum atomic E-state index is 11.9. The zero-order chi connectivity index (χ0) is 22.1. The van der Waals surface area contributed by atoms with Crippen molar-refractivity contribution in [3.8, 4) is 17.2 Å². The van der Waals surface area contributed by atoms with E-state index >= 15 is 0 Å². The smallest absolute Gasteiger partial charge is 0.277 e. The summed E-state index contributed by atoms with van der Waals surface area (Å²) in [6.07, 6.45) is 1.54. The molecule has 31 heavy (non-hydrogen) atoms. The van der Waals surface area contributed by atoms with E-state index in [9.17, 15) is 4.79 Å². The maximum Gasteiger partial charge on any atom is 0.277 e. The highest BCUT2D eigenvalue weighted by atomic mass is 16.5. The van der Waals surface area contributed by atoms with Gasteiger partial charge in [0, 0.05) is 0 Å². The Labute approximate surface area is 182 Å². The molecule has 160 valence electrons. The quantitative estimate of drug-likeness (QED) is 0.413. The predicted molar refractivity (Wildman–Crippen MR) is 121 cm³/mol. The minimum absolute atomic E-state index is 0.114. The molecular formula is C25H26N2O4. The molecule has 0 spiro atoms. The number of methoxy groups -OCH3 is 1. The van der Waals surface area contributed by atoms with E-state index < -0.39 is 0 Å². The first-order valence-electron chi connectivity index (χ1n) is 9.92. The Bertz CT molecular complexity index is 1050. The highest BCUT2D eigenvalue weighted by Crippen LogP contribution is 2.28. The van der Waals surface area contributed by atoms with Crippen molar-refractivity contribution < 1.29 is 19.0 Å². The number of nitrogens with zero attached hydrogens (tertiary/aromatic N) is 1. The van der Waals surface area contributed by atoms with E-state index in [1.807, 2.05) is 62.4 Å². The number of ether oxygens (including phenoxy) is 3. The van der Waals surface area contributed by atoms with Gasteiger partial charge in [-0.15, -0.1) is 0 Å². The third-order valence-corrected chi connectivity index (χ3v) is 4.56. The molecule has 3 rings (SSSR count). The van der Waals surface area contributed by atoms with Crippen LogP contribution in [0.1, 0.15) is 22.3 Å². The van der Waals surface area contributed by atoms with Gasteiger partial charge in [0.05, 0.1) is 13.3 Å². The van der Waals surface area contributed by atoms with Gasteiger partial charge < -0.3 is 14.2 Å². The monoisotopic (exact) mass is 418 g/mol. The van der Waals surface area contributed by atoms with Crippen LogP contribution in [0.3, 0.4) is 0 Å². The summed E-state index contributed by atoms with van der Waals surface area (Å²) in [5.74, 6) is 1.55. The zero-order valence-corrected chi connectivity index (χ0v) is 17.9. The third-order valence-electron chi connectivity index (χ3n) is 4.56. The molecule has 0 saturated heterocycles. The molecule has 6 nitrogen and oxygen atoms in total. The first-order chi connectivity index (χ1) is 15.0. The van der Waals surface area contributed by atoms with Crippen LogP contribution < -0.4 is 19.6 Å². The van der Waals surface area contributed by atoms with Crippen molar-refractivity contribution in [1.82, 2.24) is 5.43 Å². The molecule has 1 N–H and O–H groups in total. The van der Waals surface area contributed by atoms with E-state index in [4.69, 9.17) is 14.2 Å². The summed E-state index contributed by atoms with van der Waals surface area (Å²) in [6.45, 7) is 4.30. The van der Waals surface area contributed by atoms with Crippen molar-refractivity contribution in [2.24, 2.45) is 5.10 Å². The number of rotatable bonds is 9. The number of para-hydroxylation sites is 1. The second-order valence-corrected chi connectivity index (χ2v) is 7.03. The van der Waals surface area contributed by atoms with Gasteiger partial charge in [-0.2, -0.15) is 5.10 Å². The molecule has 3 aromatic rings. The summed E-state index contributed by atoms with van der Waals surface area (Å²) in [6, 6.07) is 21.1. The molecule has 0 radical (unpaired) electrons. The van der Waals surface area contributed by atoms with Gasteiger partial charge in [-0.25, -0.2) is 5.43 Å².